The van der Waals surface area contributed by atoms with Crippen molar-refractivity contribution in [3.05, 3.63) is 64.7 Å². The molecule has 222 valence electrons. The Bertz CT molecular complexity index is 1140. The molecule has 0 atom stereocenters. The first-order chi connectivity index (χ1) is 18.9. The van der Waals surface area contributed by atoms with Gasteiger partial charge in [0.05, 0.1) is 67.8 Å². The molecule has 2 rings (SSSR count). The fourth-order valence-corrected chi connectivity index (χ4v) is 2.94. The Morgan fingerprint density at radius 2 is 0.976 bits per heavy atom. The van der Waals surface area contributed by atoms with Crippen LogP contribution in [0.5, 0.6) is 0 Å². The molecule has 0 saturated carbocycles. The molecule has 4 N–H and O–H groups in total. The Morgan fingerprint density at radius 1 is 0.634 bits per heavy atom. The van der Waals surface area contributed by atoms with Gasteiger partial charge in [-0.25, -0.2) is 27.6 Å². The van der Waals surface area contributed by atoms with Gasteiger partial charge in [0.2, 0.25) is 0 Å². The summed E-state index contributed by atoms with van der Waals surface area (Å²) in [5.74, 6) is -2.89. The SMILES string of the molecule is COC(=O)c1ccc(C(=O)OC)cc1.O=C(OCCO)c1cc(C(=O)OCCO)cc(S(=O)(=O)[O-])c1.OCCO.[Li+]. The summed E-state index contributed by atoms with van der Waals surface area (Å²) in [7, 11) is -2.32. The average molecular weight is 596 g/mol. The van der Waals surface area contributed by atoms with Crippen LogP contribution in [0.3, 0.4) is 0 Å². The Balaban J connectivity index is 0. The standard InChI is InChI=1S/C12H14O9S.C10H10O4.C2H6O2.Li/c13-1-3-20-11(15)8-5-9(12(16)21-4-2-14)7-10(6-8)22(17,18)19;1-13-9(11)7-3-5-8(6-4-7)10(12)14-2;3-1-2-4;/h5-7,13-14H,1-4H2,(H,17,18,19);3-6H,1-2H3;3-4H,1-2H2;/q;;;+1/p-1. The van der Waals surface area contributed by atoms with Crippen molar-refractivity contribution in [3.63, 3.8) is 0 Å². The Hall–Kier alpha value is -3.33. The molecule has 41 heavy (non-hydrogen) atoms. The molecular formula is C24H29LiO15S. The fourth-order valence-electron chi connectivity index (χ4n) is 2.40. The average Bonchev–Trinajstić information content (AvgIpc) is 2.97. The van der Waals surface area contributed by atoms with Crippen LogP contribution in [-0.4, -0.2) is 111 Å². The first kappa shape index (κ1) is 39.8. The van der Waals surface area contributed by atoms with Crippen LogP contribution in [-0.2, 0) is 29.1 Å². The van der Waals surface area contributed by atoms with Crippen molar-refractivity contribution >= 4 is 34.0 Å². The van der Waals surface area contributed by atoms with Crippen LogP contribution in [0.2, 0.25) is 0 Å². The minimum absolute atomic E-state index is 0. The Morgan fingerprint density at radius 3 is 1.22 bits per heavy atom. The molecule has 0 aliphatic carbocycles. The van der Waals surface area contributed by atoms with Crippen LogP contribution < -0.4 is 18.9 Å². The van der Waals surface area contributed by atoms with E-state index in [9.17, 15) is 32.1 Å². The summed E-state index contributed by atoms with van der Waals surface area (Å²) in [6, 6.07) is 8.54. The monoisotopic (exact) mass is 596 g/mol. The zero-order valence-electron chi connectivity index (χ0n) is 22.5. The molecule has 0 bridgehead atoms. The molecule has 0 heterocycles. The maximum absolute atomic E-state index is 11.6. The molecule has 2 aromatic rings. The van der Waals surface area contributed by atoms with Crippen LogP contribution in [0.15, 0.2) is 47.4 Å². The van der Waals surface area contributed by atoms with E-state index < -0.39 is 52.1 Å². The summed E-state index contributed by atoms with van der Waals surface area (Å²) in [5, 5.41) is 32.4. The molecule has 2 aromatic carbocycles. The number of carbonyl (C=O) groups is 4. The fraction of sp³-hybridized carbons (Fsp3) is 0.333. The van der Waals surface area contributed by atoms with Gasteiger partial charge in [0.1, 0.15) is 23.3 Å². The van der Waals surface area contributed by atoms with E-state index >= 15 is 0 Å². The number of benzene rings is 2. The van der Waals surface area contributed by atoms with Gasteiger partial charge in [0.15, 0.2) is 0 Å². The van der Waals surface area contributed by atoms with Gasteiger partial charge in [-0.1, -0.05) is 0 Å². The van der Waals surface area contributed by atoms with E-state index in [4.69, 9.17) is 20.4 Å². The molecule has 0 aliphatic rings. The van der Waals surface area contributed by atoms with E-state index in [0.29, 0.717) is 11.1 Å². The number of carbonyl (C=O) groups excluding carboxylic acids is 4. The van der Waals surface area contributed by atoms with E-state index in [1.165, 1.54) is 38.5 Å². The molecule has 0 spiro atoms. The number of aliphatic hydroxyl groups is 4. The smallest absolute Gasteiger partial charge is 0.744 e. The summed E-state index contributed by atoms with van der Waals surface area (Å²) in [6.07, 6.45) is 0. The normalized spacial score (nSPS) is 9.83. The second-order valence-electron chi connectivity index (χ2n) is 6.93. The summed E-state index contributed by atoms with van der Waals surface area (Å²) >= 11 is 0. The van der Waals surface area contributed by atoms with Crippen LogP contribution in [0, 0.1) is 0 Å². The van der Waals surface area contributed by atoms with Gasteiger partial charge in [-0.05, 0) is 42.5 Å². The largest absolute Gasteiger partial charge is 1.00 e. The van der Waals surface area contributed by atoms with Crippen molar-refractivity contribution in [1.82, 2.24) is 0 Å². The van der Waals surface area contributed by atoms with Gasteiger partial charge in [-0.3, -0.25) is 0 Å². The van der Waals surface area contributed by atoms with Crippen molar-refractivity contribution in [2.75, 3.05) is 53.9 Å². The zero-order valence-corrected chi connectivity index (χ0v) is 23.3. The number of aliphatic hydroxyl groups excluding tert-OH is 4. The number of rotatable bonds is 10. The summed E-state index contributed by atoms with van der Waals surface area (Å²) in [4.78, 5) is 44.5. The molecule has 0 aliphatic heterocycles. The molecule has 0 unspecified atom stereocenters. The van der Waals surface area contributed by atoms with Crippen molar-refractivity contribution in [1.29, 1.82) is 0 Å². The van der Waals surface area contributed by atoms with Crippen molar-refractivity contribution < 1.29 is 90.4 Å². The van der Waals surface area contributed by atoms with Gasteiger partial charge in [-0.15, -0.1) is 0 Å². The maximum atomic E-state index is 11.6. The van der Waals surface area contributed by atoms with E-state index in [0.717, 1.165) is 18.2 Å². The predicted octanol–water partition coefficient (Wildman–Crippen LogP) is -3.88. The van der Waals surface area contributed by atoms with Crippen LogP contribution in [0.4, 0.5) is 0 Å². The van der Waals surface area contributed by atoms with E-state index in [2.05, 4.69) is 18.9 Å². The third-order valence-electron chi connectivity index (χ3n) is 4.14. The number of hydrogen-bond acceptors (Lipinski definition) is 15. The van der Waals surface area contributed by atoms with Crippen LogP contribution >= 0.6 is 0 Å². The van der Waals surface area contributed by atoms with Crippen molar-refractivity contribution in [2.45, 2.75) is 4.90 Å². The first-order valence-electron chi connectivity index (χ1n) is 11.0. The third-order valence-corrected chi connectivity index (χ3v) is 4.96. The second-order valence-corrected chi connectivity index (χ2v) is 8.31. The number of hydrogen-bond donors (Lipinski definition) is 4. The second kappa shape index (κ2) is 21.4. The molecule has 15 nitrogen and oxygen atoms in total. The number of esters is 4. The summed E-state index contributed by atoms with van der Waals surface area (Å²) < 4.78 is 51.4. The van der Waals surface area contributed by atoms with E-state index in [-0.39, 0.29) is 56.4 Å². The zero-order chi connectivity index (χ0) is 30.7. The molecule has 0 saturated heterocycles. The molecule has 0 fully saturated rings. The predicted molar refractivity (Wildman–Crippen MR) is 132 cm³/mol. The van der Waals surface area contributed by atoms with Gasteiger partial charge in [-0.2, -0.15) is 0 Å². The molecule has 0 amide bonds. The Labute approximate surface area is 247 Å². The van der Waals surface area contributed by atoms with Gasteiger partial charge in [0, 0.05) is 0 Å². The maximum Gasteiger partial charge on any atom is 1.00 e. The summed E-state index contributed by atoms with van der Waals surface area (Å²) in [5.41, 5.74) is 0.0861. The van der Waals surface area contributed by atoms with Crippen LogP contribution in [0.1, 0.15) is 41.4 Å². The topological polar surface area (TPSA) is 243 Å². The molecule has 17 heteroatoms. The van der Waals surface area contributed by atoms with Crippen LogP contribution in [0.25, 0.3) is 0 Å². The summed E-state index contributed by atoms with van der Waals surface area (Å²) in [6.45, 7) is -1.82. The Kier molecular flexibility index (Phi) is 20.8. The van der Waals surface area contributed by atoms with E-state index in [1.807, 2.05) is 0 Å². The number of methoxy groups -OCH3 is 2. The molecule has 0 aromatic heterocycles. The minimum Gasteiger partial charge on any atom is -0.744 e. The van der Waals surface area contributed by atoms with Crippen molar-refractivity contribution in [3.8, 4) is 0 Å². The molecule has 0 radical (unpaired) electrons. The van der Waals surface area contributed by atoms with E-state index in [1.54, 1.807) is 0 Å². The third kappa shape index (κ3) is 15.3. The minimum atomic E-state index is -4.92. The van der Waals surface area contributed by atoms with Gasteiger partial charge < -0.3 is 43.9 Å². The van der Waals surface area contributed by atoms with Gasteiger partial charge >= 0.3 is 42.7 Å². The quantitative estimate of drug-likeness (QED) is 0.0887. The molecular weight excluding hydrogens is 567 g/mol. The van der Waals surface area contributed by atoms with Gasteiger partial charge in [0.25, 0.3) is 0 Å². The number of ether oxygens (including phenoxy) is 4. The first-order valence-corrected chi connectivity index (χ1v) is 12.5. The van der Waals surface area contributed by atoms with Crippen molar-refractivity contribution in [2.24, 2.45) is 0 Å².